The summed E-state index contributed by atoms with van der Waals surface area (Å²) >= 11 is 0. The quantitative estimate of drug-likeness (QED) is 0.634. The van der Waals surface area contributed by atoms with Gasteiger partial charge in [0.2, 0.25) is 0 Å². The Labute approximate surface area is 169 Å². The second kappa shape index (κ2) is 7.74. The van der Waals surface area contributed by atoms with E-state index < -0.39 is 34.8 Å². The van der Waals surface area contributed by atoms with Crippen LogP contribution in [0.4, 0.5) is 19.0 Å². The molecule has 30 heavy (non-hydrogen) atoms. The first-order valence-corrected chi connectivity index (χ1v) is 9.24. The van der Waals surface area contributed by atoms with Crippen LogP contribution in [-0.2, 0) is 5.41 Å². The lowest BCUT2D eigenvalue weighted by Gasteiger charge is -2.44. The number of carboxylic acid groups (broad SMARTS) is 1. The molecule has 0 amide bonds. The summed E-state index contributed by atoms with van der Waals surface area (Å²) in [5.74, 6) is -2.30. The number of nitrogens with one attached hydrogen (secondary N) is 1. The van der Waals surface area contributed by atoms with Gasteiger partial charge in [-0.2, -0.15) is 0 Å². The minimum absolute atomic E-state index is 0.160. The van der Waals surface area contributed by atoms with E-state index >= 15 is 0 Å². The number of carbonyl (C=O) groups is 1. The molecule has 154 valence electrons. The molecule has 0 atom stereocenters. The molecule has 2 heterocycles. The Kier molecular flexibility index (Phi) is 5.11. The molecule has 9 heteroatoms. The number of benzene rings is 1. The van der Waals surface area contributed by atoms with Gasteiger partial charge in [-0.3, -0.25) is 4.98 Å². The van der Waals surface area contributed by atoms with Crippen LogP contribution in [0.25, 0.3) is 11.3 Å². The standard InChI is InChI=1S/C21H17F3N4O2/c22-13-9-21(10-13,19-16(24)2-1-7-25-19)11-26-18-6-5-17(27-28-18)12-3-4-15(23)14(8-12)20(29)30/h1-8,13H,9-11H2,(H,26,28)(H,29,30)/t13-,21-. The Morgan fingerprint density at radius 1 is 1.13 bits per heavy atom. The summed E-state index contributed by atoms with van der Waals surface area (Å²) in [5, 5.41) is 20.2. The van der Waals surface area contributed by atoms with Gasteiger partial charge in [0.15, 0.2) is 0 Å². The number of nitrogens with zero attached hydrogens (tertiary/aromatic N) is 3. The molecular weight excluding hydrogens is 397 g/mol. The predicted molar refractivity (Wildman–Crippen MR) is 103 cm³/mol. The molecule has 1 aliphatic rings. The molecule has 0 spiro atoms. The molecule has 2 aromatic heterocycles. The molecular formula is C21H17F3N4O2. The molecule has 0 aliphatic heterocycles. The fraction of sp³-hybridized carbons (Fsp3) is 0.238. The van der Waals surface area contributed by atoms with Crippen LogP contribution >= 0.6 is 0 Å². The van der Waals surface area contributed by atoms with Crippen molar-refractivity contribution in [3.8, 4) is 11.3 Å². The SMILES string of the molecule is O=C(O)c1cc(-c2ccc(NC[C@]3(c4ncccc4F)C[C@H](F)C3)nn2)ccc1F. The lowest BCUT2D eigenvalue weighted by Crippen LogP contribution is -2.49. The lowest BCUT2D eigenvalue weighted by molar-refractivity contribution is 0.0692. The number of aromatic nitrogens is 3. The number of halogens is 3. The van der Waals surface area contributed by atoms with E-state index in [0.717, 1.165) is 6.07 Å². The first-order chi connectivity index (χ1) is 14.4. The first-order valence-electron chi connectivity index (χ1n) is 9.24. The van der Waals surface area contributed by atoms with Gasteiger partial charge in [-0.25, -0.2) is 18.0 Å². The number of carboxylic acids is 1. The zero-order chi connectivity index (χ0) is 21.3. The monoisotopic (exact) mass is 414 g/mol. The van der Waals surface area contributed by atoms with Crippen molar-refractivity contribution in [2.45, 2.75) is 24.4 Å². The lowest BCUT2D eigenvalue weighted by atomic mass is 9.65. The van der Waals surface area contributed by atoms with Gasteiger partial charge in [-0.15, -0.1) is 10.2 Å². The highest BCUT2D eigenvalue weighted by Gasteiger charge is 2.48. The summed E-state index contributed by atoms with van der Waals surface area (Å²) in [6.07, 6.45) is 0.789. The van der Waals surface area contributed by atoms with Crippen molar-refractivity contribution < 1.29 is 23.1 Å². The van der Waals surface area contributed by atoms with Gasteiger partial charge in [-0.1, -0.05) is 0 Å². The van der Waals surface area contributed by atoms with Crippen LogP contribution in [0.1, 0.15) is 28.9 Å². The summed E-state index contributed by atoms with van der Waals surface area (Å²) in [4.78, 5) is 15.2. The molecule has 3 aromatic rings. The summed E-state index contributed by atoms with van der Waals surface area (Å²) < 4.78 is 41.4. The van der Waals surface area contributed by atoms with E-state index in [4.69, 9.17) is 5.11 Å². The Bertz CT molecular complexity index is 1090. The van der Waals surface area contributed by atoms with Gasteiger partial charge in [0.1, 0.15) is 23.6 Å². The molecule has 0 radical (unpaired) electrons. The molecule has 2 N–H and O–H groups in total. The Morgan fingerprint density at radius 3 is 2.57 bits per heavy atom. The largest absolute Gasteiger partial charge is 0.478 e. The van der Waals surface area contributed by atoms with E-state index in [-0.39, 0.29) is 25.1 Å². The zero-order valence-corrected chi connectivity index (χ0v) is 15.6. The van der Waals surface area contributed by atoms with Crippen molar-refractivity contribution in [3.63, 3.8) is 0 Å². The number of hydrogen-bond donors (Lipinski definition) is 2. The van der Waals surface area contributed by atoms with Gasteiger partial charge in [0, 0.05) is 23.7 Å². The average Bonchev–Trinajstić information content (AvgIpc) is 2.71. The van der Waals surface area contributed by atoms with Crippen molar-refractivity contribution in [3.05, 3.63) is 71.6 Å². The van der Waals surface area contributed by atoms with E-state index in [0.29, 0.717) is 17.1 Å². The van der Waals surface area contributed by atoms with Crippen molar-refractivity contribution in [2.24, 2.45) is 0 Å². The fourth-order valence-corrected chi connectivity index (χ4v) is 3.67. The number of anilines is 1. The van der Waals surface area contributed by atoms with Crippen LogP contribution in [-0.4, -0.2) is 39.0 Å². The van der Waals surface area contributed by atoms with E-state index in [1.54, 1.807) is 12.1 Å². The van der Waals surface area contributed by atoms with Crippen LogP contribution in [0.15, 0.2) is 48.7 Å². The second-order valence-electron chi connectivity index (χ2n) is 7.28. The molecule has 1 saturated carbocycles. The molecule has 1 aliphatic carbocycles. The minimum Gasteiger partial charge on any atom is -0.478 e. The Morgan fingerprint density at radius 2 is 1.93 bits per heavy atom. The zero-order valence-electron chi connectivity index (χ0n) is 15.6. The third-order valence-electron chi connectivity index (χ3n) is 5.25. The maximum atomic E-state index is 14.2. The number of aromatic carboxylic acids is 1. The Balaban J connectivity index is 1.51. The summed E-state index contributed by atoms with van der Waals surface area (Å²) in [6, 6.07) is 9.65. The summed E-state index contributed by atoms with van der Waals surface area (Å²) in [7, 11) is 0. The van der Waals surface area contributed by atoms with Crippen LogP contribution in [0, 0.1) is 11.6 Å². The minimum atomic E-state index is -1.38. The van der Waals surface area contributed by atoms with E-state index in [2.05, 4.69) is 20.5 Å². The number of hydrogen-bond acceptors (Lipinski definition) is 5. The average molecular weight is 414 g/mol. The third kappa shape index (κ3) is 3.70. The normalized spacial score (nSPS) is 20.4. The highest BCUT2D eigenvalue weighted by atomic mass is 19.1. The molecule has 0 saturated heterocycles. The van der Waals surface area contributed by atoms with Crippen LogP contribution in [0.2, 0.25) is 0 Å². The number of pyridine rings is 1. The molecule has 4 rings (SSSR count). The van der Waals surface area contributed by atoms with Crippen molar-refractivity contribution in [1.29, 1.82) is 0 Å². The molecule has 1 fully saturated rings. The highest BCUT2D eigenvalue weighted by molar-refractivity contribution is 5.89. The molecule has 6 nitrogen and oxygen atoms in total. The summed E-state index contributed by atoms with van der Waals surface area (Å²) in [5.41, 5.74) is -0.233. The van der Waals surface area contributed by atoms with Gasteiger partial charge < -0.3 is 10.4 Å². The van der Waals surface area contributed by atoms with E-state index in [9.17, 15) is 18.0 Å². The van der Waals surface area contributed by atoms with E-state index in [1.165, 1.54) is 30.5 Å². The first kappa shape index (κ1) is 19.8. The maximum absolute atomic E-state index is 14.2. The van der Waals surface area contributed by atoms with Gasteiger partial charge in [0.05, 0.1) is 17.0 Å². The van der Waals surface area contributed by atoms with Gasteiger partial charge in [0.25, 0.3) is 0 Å². The third-order valence-corrected chi connectivity index (χ3v) is 5.25. The molecule has 0 bridgehead atoms. The number of alkyl halides is 1. The highest BCUT2D eigenvalue weighted by Crippen LogP contribution is 2.45. The molecule has 1 aromatic carbocycles. The maximum Gasteiger partial charge on any atom is 0.338 e. The Hall–Kier alpha value is -3.49. The fourth-order valence-electron chi connectivity index (χ4n) is 3.67. The molecule has 0 unspecified atom stereocenters. The predicted octanol–water partition coefficient (Wildman–Crippen LogP) is 4.00. The topological polar surface area (TPSA) is 88.0 Å². The van der Waals surface area contributed by atoms with E-state index in [1.807, 2.05) is 0 Å². The van der Waals surface area contributed by atoms with Gasteiger partial charge in [-0.05, 0) is 55.3 Å². The second-order valence-corrected chi connectivity index (χ2v) is 7.28. The van der Waals surface area contributed by atoms with Gasteiger partial charge >= 0.3 is 5.97 Å². The van der Waals surface area contributed by atoms with Crippen molar-refractivity contribution >= 4 is 11.8 Å². The summed E-state index contributed by atoms with van der Waals surface area (Å²) in [6.45, 7) is 0.231. The van der Waals surface area contributed by atoms with Crippen molar-refractivity contribution in [1.82, 2.24) is 15.2 Å². The van der Waals surface area contributed by atoms with Crippen LogP contribution < -0.4 is 5.32 Å². The van der Waals surface area contributed by atoms with Crippen molar-refractivity contribution in [2.75, 3.05) is 11.9 Å². The smallest absolute Gasteiger partial charge is 0.338 e. The van der Waals surface area contributed by atoms with Crippen LogP contribution in [0.3, 0.4) is 0 Å². The van der Waals surface area contributed by atoms with Crippen LogP contribution in [0.5, 0.6) is 0 Å². The number of rotatable bonds is 6.